The first-order chi connectivity index (χ1) is 6.56. The summed E-state index contributed by atoms with van der Waals surface area (Å²) in [7, 11) is 0. The van der Waals surface area contributed by atoms with Gasteiger partial charge >= 0.3 is 0 Å². The number of hydrogen-bond donors (Lipinski definition) is 1. The predicted octanol–water partition coefficient (Wildman–Crippen LogP) is 1.95. The summed E-state index contributed by atoms with van der Waals surface area (Å²) in [5, 5.41) is 0. The summed E-state index contributed by atoms with van der Waals surface area (Å²) in [5.74, 6) is 2.28. The minimum absolute atomic E-state index is 0.705. The molecule has 1 rings (SSSR count). The largest absolute Gasteiger partial charge is 0.330 e. The molecular formula is C12H26N2. The second-order valence-corrected chi connectivity index (χ2v) is 5.24. The summed E-state index contributed by atoms with van der Waals surface area (Å²) in [6.45, 7) is 12.6. The third kappa shape index (κ3) is 2.71. The fraction of sp³-hybridized carbons (Fsp3) is 1.00. The summed E-state index contributed by atoms with van der Waals surface area (Å²) in [6.07, 6.45) is 1.32. The van der Waals surface area contributed by atoms with Crippen molar-refractivity contribution in [3.63, 3.8) is 0 Å². The average molecular weight is 198 g/mol. The fourth-order valence-electron chi connectivity index (χ4n) is 2.28. The van der Waals surface area contributed by atoms with Crippen LogP contribution in [0.4, 0.5) is 0 Å². The lowest BCUT2D eigenvalue weighted by Crippen LogP contribution is -2.48. The van der Waals surface area contributed by atoms with Crippen LogP contribution in [-0.4, -0.2) is 30.6 Å². The highest BCUT2D eigenvalue weighted by Gasteiger charge is 2.28. The normalized spacial score (nSPS) is 32.1. The van der Waals surface area contributed by atoms with Gasteiger partial charge in [0.25, 0.3) is 0 Å². The lowest BCUT2D eigenvalue weighted by Gasteiger charge is -2.41. The maximum atomic E-state index is 5.81. The van der Waals surface area contributed by atoms with Crippen molar-refractivity contribution in [1.29, 1.82) is 0 Å². The van der Waals surface area contributed by atoms with Gasteiger partial charge in [-0.2, -0.15) is 0 Å². The van der Waals surface area contributed by atoms with E-state index in [1.807, 2.05) is 0 Å². The van der Waals surface area contributed by atoms with Crippen LogP contribution >= 0.6 is 0 Å². The van der Waals surface area contributed by atoms with E-state index >= 15 is 0 Å². The lowest BCUT2D eigenvalue weighted by molar-refractivity contribution is 0.0783. The van der Waals surface area contributed by atoms with E-state index in [4.69, 9.17) is 5.73 Å². The number of nitrogens with zero attached hydrogens (tertiary/aromatic N) is 1. The summed E-state index contributed by atoms with van der Waals surface area (Å²) in [6, 6.07) is 0.705. The van der Waals surface area contributed by atoms with Crippen molar-refractivity contribution in [3.8, 4) is 0 Å². The van der Waals surface area contributed by atoms with Crippen molar-refractivity contribution in [3.05, 3.63) is 0 Å². The number of piperidine rings is 1. The average Bonchev–Trinajstić information content (AvgIpc) is 2.17. The van der Waals surface area contributed by atoms with Gasteiger partial charge in [-0.05, 0) is 44.2 Å². The highest BCUT2D eigenvalue weighted by Crippen LogP contribution is 2.25. The molecule has 0 aromatic heterocycles. The van der Waals surface area contributed by atoms with Crippen LogP contribution in [0.15, 0.2) is 0 Å². The molecule has 2 nitrogen and oxygen atoms in total. The van der Waals surface area contributed by atoms with Crippen molar-refractivity contribution in [2.45, 2.75) is 40.2 Å². The second-order valence-electron chi connectivity index (χ2n) is 5.24. The van der Waals surface area contributed by atoms with Crippen molar-refractivity contribution < 1.29 is 0 Å². The smallest absolute Gasteiger partial charge is 0.00900 e. The number of likely N-dealkylation sites (tertiary alicyclic amines) is 1. The predicted molar refractivity (Wildman–Crippen MR) is 62.2 cm³/mol. The molecule has 0 aliphatic carbocycles. The molecule has 1 saturated heterocycles. The molecular weight excluding hydrogens is 172 g/mol. The molecule has 14 heavy (non-hydrogen) atoms. The Balaban J connectivity index is 2.49. The van der Waals surface area contributed by atoms with Gasteiger partial charge in [0.1, 0.15) is 0 Å². The Morgan fingerprint density at radius 2 is 2.00 bits per heavy atom. The van der Waals surface area contributed by atoms with E-state index in [2.05, 4.69) is 32.6 Å². The van der Waals surface area contributed by atoms with Gasteiger partial charge in [-0.3, -0.25) is 0 Å². The van der Waals surface area contributed by atoms with Crippen LogP contribution in [0, 0.1) is 17.8 Å². The molecule has 3 unspecified atom stereocenters. The number of rotatable bonds is 3. The van der Waals surface area contributed by atoms with Crippen LogP contribution in [0.1, 0.15) is 34.1 Å². The molecule has 1 aliphatic rings. The Kier molecular flexibility index (Phi) is 4.39. The van der Waals surface area contributed by atoms with E-state index in [1.165, 1.54) is 19.5 Å². The van der Waals surface area contributed by atoms with Gasteiger partial charge in [-0.25, -0.2) is 0 Å². The van der Waals surface area contributed by atoms with Crippen LogP contribution in [0.5, 0.6) is 0 Å². The van der Waals surface area contributed by atoms with Gasteiger partial charge in [0.15, 0.2) is 0 Å². The third-order valence-electron chi connectivity index (χ3n) is 3.99. The molecule has 0 saturated carbocycles. The van der Waals surface area contributed by atoms with Crippen molar-refractivity contribution in [2.24, 2.45) is 23.5 Å². The van der Waals surface area contributed by atoms with Crippen molar-refractivity contribution >= 4 is 0 Å². The van der Waals surface area contributed by atoms with Gasteiger partial charge in [0.2, 0.25) is 0 Å². The van der Waals surface area contributed by atoms with Crippen LogP contribution in [0.25, 0.3) is 0 Å². The monoisotopic (exact) mass is 198 g/mol. The molecule has 0 spiro atoms. The first-order valence-corrected chi connectivity index (χ1v) is 6.00. The minimum Gasteiger partial charge on any atom is -0.330 e. The Bertz CT molecular complexity index is 168. The third-order valence-corrected chi connectivity index (χ3v) is 3.99. The van der Waals surface area contributed by atoms with E-state index in [0.29, 0.717) is 12.0 Å². The van der Waals surface area contributed by atoms with Gasteiger partial charge < -0.3 is 10.6 Å². The highest BCUT2D eigenvalue weighted by molar-refractivity contribution is 4.82. The summed E-state index contributed by atoms with van der Waals surface area (Å²) < 4.78 is 0. The van der Waals surface area contributed by atoms with Gasteiger partial charge in [-0.15, -0.1) is 0 Å². The van der Waals surface area contributed by atoms with E-state index in [9.17, 15) is 0 Å². The number of nitrogens with two attached hydrogens (primary N) is 1. The fourth-order valence-corrected chi connectivity index (χ4v) is 2.28. The van der Waals surface area contributed by atoms with Gasteiger partial charge in [0, 0.05) is 12.6 Å². The molecule has 2 heteroatoms. The van der Waals surface area contributed by atoms with E-state index in [0.717, 1.165) is 18.4 Å². The minimum atomic E-state index is 0.705. The standard InChI is InChI=1S/C12H26N2/c1-9(2)11(4)14-6-5-10(3)12(7-13)8-14/h9-12H,5-8,13H2,1-4H3. The molecule has 0 radical (unpaired) electrons. The molecule has 0 aromatic carbocycles. The zero-order valence-corrected chi connectivity index (χ0v) is 10.2. The van der Waals surface area contributed by atoms with Crippen LogP contribution < -0.4 is 5.73 Å². The highest BCUT2D eigenvalue weighted by atomic mass is 15.2. The van der Waals surface area contributed by atoms with Crippen molar-refractivity contribution in [2.75, 3.05) is 19.6 Å². The second kappa shape index (κ2) is 5.13. The Morgan fingerprint density at radius 3 is 2.50 bits per heavy atom. The maximum Gasteiger partial charge on any atom is 0.00900 e. The first-order valence-electron chi connectivity index (χ1n) is 6.00. The molecule has 1 heterocycles. The van der Waals surface area contributed by atoms with Crippen LogP contribution in [0.2, 0.25) is 0 Å². The topological polar surface area (TPSA) is 29.3 Å². The zero-order valence-electron chi connectivity index (χ0n) is 10.2. The molecule has 0 bridgehead atoms. The van der Waals surface area contributed by atoms with Crippen molar-refractivity contribution in [1.82, 2.24) is 4.90 Å². The summed E-state index contributed by atoms with van der Waals surface area (Å²) >= 11 is 0. The Labute approximate surface area is 88.8 Å². The molecule has 1 aliphatic heterocycles. The van der Waals surface area contributed by atoms with Gasteiger partial charge in [0.05, 0.1) is 0 Å². The molecule has 84 valence electrons. The molecule has 0 amide bonds. The quantitative estimate of drug-likeness (QED) is 0.751. The molecule has 3 atom stereocenters. The maximum absolute atomic E-state index is 5.81. The first kappa shape index (κ1) is 12.0. The van der Waals surface area contributed by atoms with E-state index < -0.39 is 0 Å². The van der Waals surface area contributed by atoms with Gasteiger partial charge in [-0.1, -0.05) is 20.8 Å². The zero-order chi connectivity index (χ0) is 10.7. The van der Waals surface area contributed by atoms with Crippen LogP contribution in [0.3, 0.4) is 0 Å². The summed E-state index contributed by atoms with van der Waals surface area (Å²) in [4.78, 5) is 2.61. The SMILES string of the molecule is CC(C)C(C)N1CCC(C)C(CN)C1. The van der Waals surface area contributed by atoms with Crippen LogP contribution in [-0.2, 0) is 0 Å². The summed E-state index contributed by atoms with van der Waals surface area (Å²) in [5.41, 5.74) is 5.81. The van der Waals surface area contributed by atoms with E-state index in [1.54, 1.807) is 0 Å². The number of hydrogen-bond acceptors (Lipinski definition) is 2. The molecule has 2 N–H and O–H groups in total. The Morgan fingerprint density at radius 1 is 1.36 bits per heavy atom. The van der Waals surface area contributed by atoms with E-state index in [-0.39, 0.29) is 0 Å². The lowest BCUT2D eigenvalue weighted by atomic mass is 9.85. The molecule has 1 fully saturated rings. The Hall–Kier alpha value is -0.0800. The molecule has 0 aromatic rings.